The second kappa shape index (κ2) is 15.8. The van der Waals surface area contributed by atoms with E-state index in [0.717, 1.165) is 16.7 Å². The number of ether oxygens (including phenoxy) is 4. The summed E-state index contributed by atoms with van der Waals surface area (Å²) >= 11 is 0. The monoisotopic (exact) mass is 595 g/mol. The first-order chi connectivity index (χ1) is 20.4. The topological polar surface area (TPSA) is 102 Å². The van der Waals surface area contributed by atoms with Crippen LogP contribution < -0.4 is 5.32 Å². The first-order valence-electron chi connectivity index (χ1n) is 13.7. The average molecular weight is 596 g/mol. The van der Waals surface area contributed by atoms with Crippen molar-refractivity contribution in [2.45, 2.75) is 51.1 Å². The van der Waals surface area contributed by atoms with Crippen LogP contribution in [0.15, 0.2) is 103 Å². The predicted molar refractivity (Wildman–Crippen MR) is 158 cm³/mol. The molecule has 0 radical (unpaired) electrons. The van der Waals surface area contributed by atoms with Crippen molar-refractivity contribution in [3.8, 4) is 0 Å². The molecule has 1 N–H and O–H groups in total. The first kappa shape index (κ1) is 31.6. The number of hydrogen-bond donors (Lipinski definition) is 1. The second-order valence-electron chi connectivity index (χ2n) is 9.79. The van der Waals surface area contributed by atoms with Crippen molar-refractivity contribution >= 4 is 13.5 Å². The van der Waals surface area contributed by atoms with Gasteiger partial charge in [0, 0.05) is 21.1 Å². The maximum Gasteiger partial charge on any atom is 0.357 e. The van der Waals surface area contributed by atoms with Gasteiger partial charge in [0.1, 0.15) is 24.0 Å². The molecule has 4 rings (SSSR count). The van der Waals surface area contributed by atoms with Gasteiger partial charge in [0.25, 0.3) is 0 Å². The van der Waals surface area contributed by atoms with Crippen LogP contribution in [0.4, 0.5) is 0 Å². The predicted octanol–water partition coefficient (Wildman–Crippen LogP) is 5.60. The highest BCUT2D eigenvalue weighted by molar-refractivity contribution is 7.57. The number of nitrogens with one attached hydrogen (secondary N) is 1. The van der Waals surface area contributed by atoms with Gasteiger partial charge in [-0.1, -0.05) is 91.0 Å². The van der Waals surface area contributed by atoms with Gasteiger partial charge in [0.2, 0.25) is 5.91 Å². The molecular weight excluding hydrogens is 557 g/mol. The summed E-state index contributed by atoms with van der Waals surface area (Å²) in [5.41, 5.74) is 2.90. The lowest BCUT2D eigenvalue weighted by Crippen LogP contribution is -2.60. The third-order valence-electron chi connectivity index (χ3n) is 6.73. The van der Waals surface area contributed by atoms with Crippen LogP contribution in [0, 0.1) is 0 Å². The van der Waals surface area contributed by atoms with E-state index in [1.807, 2.05) is 91.0 Å². The van der Waals surface area contributed by atoms with Gasteiger partial charge in [0.15, 0.2) is 6.10 Å². The SMILES string of the molecule is COP(=O)(/C=C1\O[C@H](COCc2ccccc2)[C@@H](OCc2ccccc2)[C@H](OCc2ccccc2)[C@H]1NC(C)=O)OC. The highest BCUT2D eigenvalue weighted by Gasteiger charge is 2.47. The zero-order valence-electron chi connectivity index (χ0n) is 24.1. The van der Waals surface area contributed by atoms with Gasteiger partial charge < -0.3 is 33.3 Å². The second-order valence-corrected chi connectivity index (χ2v) is 11.9. The van der Waals surface area contributed by atoms with Crippen LogP contribution in [0.3, 0.4) is 0 Å². The zero-order valence-corrected chi connectivity index (χ0v) is 25.0. The molecule has 0 bridgehead atoms. The van der Waals surface area contributed by atoms with Crippen molar-refractivity contribution in [1.29, 1.82) is 0 Å². The van der Waals surface area contributed by atoms with Crippen LogP contribution in [0.25, 0.3) is 0 Å². The lowest BCUT2D eigenvalue weighted by Gasteiger charge is -2.44. The van der Waals surface area contributed by atoms with Crippen LogP contribution in [0.1, 0.15) is 23.6 Å². The number of amides is 1. The number of hydrogen-bond acceptors (Lipinski definition) is 8. The first-order valence-corrected chi connectivity index (χ1v) is 15.3. The minimum atomic E-state index is -3.69. The Balaban J connectivity index is 1.69. The molecule has 1 fully saturated rings. The Labute approximate surface area is 247 Å². The van der Waals surface area contributed by atoms with E-state index in [2.05, 4.69) is 5.32 Å². The third kappa shape index (κ3) is 9.10. The summed E-state index contributed by atoms with van der Waals surface area (Å²) < 4.78 is 49.1. The maximum absolute atomic E-state index is 13.2. The molecule has 1 aliphatic rings. The van der Waals surface area contributed by atoms with Crippen LogP contribution in [-0.2, 0) is 57.2 Å². The van der Waals surface area contributed by atoms with Gasteiger partial charge in [-0.3, -0.25) is 9.36 Å². The van der Waals surface area contributed by atoms with Crippen LogP contribution in [0.2, 0.25) is 0 Å². The standard InChI is InChI=1S/C32H38NO8P/c1-24(34)33-30-29(23-42(35,36-2)37-3)41-28(22-38-19-25-13-7-4-8-14-25)31(39-20-26-15-9-5-10-16-26)32(30)40-21-27-17-11-6-12-18-27/h4-18,23,28,30-32H,19-22H2,1-3H3,(H,33,34)/b29-23-/t28-,30+,31-,32-/m1/s1. The molecule has 1 amide bonds. The quantitative estimate of drug-likeness (QED) is 0.240. The molecule has 0 spiro atoms. The van der Waals surface area contributed by atoms with Crippen molar-refractivity contribution in [3.63, 3.8) is 0 Å². The van der Waals surface area contributed by atoms with Crippen LogP contribution in [0.5, 0.6) is 0 Å². The van der Waals surface area contributed by atoms with Gasteiger partial charge in [0.05, 0.1) is 32.2 Å². The fourth-order valence-corrected chi connectivity index (χ4v) is 5.51. The minimum absolute atomic E-state index is 0.133. The van der Waals surface area contributed by atoms with Gasteiger partial charge >= 0.3 is 7.60 Å². The van der Waals surface area contributed by atoms with Crippen molar-refractivity contribution in [3.05, 3.63) is 119 Å². The summed E-state index contributed by atoms with van der Waals surface area (Å²) in [5.74, 6) is 1.14. The molecule has 0 aromatic heterocycles. The summed E-state index contributed by atoms with van der Waals surface area (Å²) in [7, 11) is -1.12. The highest BCUT2D eigenvalue weighted by Crippen LogP contribution is 2.50. The molecule has 1 aliphatic heterocycles. The van der Waals surface area contributed by atoms with E-state index < -0.39 is 31.9 Å². The summed E-state index contributed by atoms with van der Waals surface area (Å²) in [6, 6.07) is 28.4. The van der Waals surface area contributed by atoms with Crippen molar-refractivity contribution in [2.24, 2.45) is 0 Å². The number of benzene rings is 3. The molecule has 224 valence electrons. The van der Waals surface area contributed by atoms with Crippen LogP contribution in [-0.4, -0.2) is 51.1 Å². The number of carbonyl (C=O) groups excluding carboxylic acids is 1. The van der Waals surface area contributed by atoms with Crippen molar-refractivity contribution in [2.75, 3.05) is 20.8 Å². The summed E-state index contributed by atoms with van der Waals surface area (Å²) in [4.78, 5) is 12.4. The summed E-state index contributed by atoms with van der Waals surface area (Å²) in [6.45, 7) is 2.39. The Morgan fingerprint density at radius 2 is 1.26 bits per heavy atom. The average Bonchev–Trinajstić information content (AvgIpc) is 3.02. The molecule has 3 aromatic rings. The smallest absolute Gasteiger partial charge is 0.357 e. The Morgan fingerprint density at radius 3 is 1.74 bits per heavy atom. The largest absolute Gasteiger partial charge is 0.487 e. The molecule has 1 saturated heterocycles. The molecule has 4 atom stereocenters. The van der Waals surface area contributed by atoms with E-state index in [4.69, 9.17) is 28.0 Å². The lowest BCUT2D eigenvalue weighted by molar-refractivity contribution is -0.188. The van der Waals surface area contributed by atoms with E-state index in [1.54, 1.807) is 0 Å². The maximum atomic E-state index is 13.2. The molecular formula is C32H38NO8P. The molecule has 0 aliphatic carbocycles. The molecule has 0 saturated carbocycles. The van der Waals surface area contributed by atoms with Crippen molar-refractivity contribution < 1.29 is 37.4 Å². The Hall–Kier alpha value is -3.30. The van der Waals surface area contributed by atoms with E-state index in [9.17, 15) is 9.36 Å². The number of rotatable bonds is 14. The Morgan fingerprint density at radius 1 is 0.786 bits per heavy atom. The molecule has 9 nitrogen and oxygen atoms in total. The van der Waals surface area contributed by atoms with Crippen LogP contribution >= 0.6 is 7.60 Å². The Bertz CT molecular complexity index is 1310. The Kier molecular flexibility index (Phi) is 11.9. The van der Waals surface area contributed by atoms with Gasteiger partial charge in [-0.15, -0.1) is 0 Å². The van der Waals surface area contributed by atoms with Gasteiger partial charge in [-0.05, 0) is 16.7 Å². The van der Waals surface area contributed by atoms with E-state index >= 15 is 0 Å². The minimum Gasteiger partial charge on any atom is -0.487 e. The lowest BCUT2D eigenvalue weighted by atomic mass is 9.95. The van der Waals surface area contributed by atoms with Gasteiger partial charge in [-0.2, -0.15) is 0 Å². The summed E-state index contributed by atoms with van der Waals surface area (Å²) in [6.07, 6.45) is -2.11. The van der Waals surface area contributed by atoms with E-state index in [1.165, 1.54) is 27.0 Å². The molecule has 0 unspecified atom stereocenters. The van der Waals surface area contributed by atoms with Crippen molar-refractivity contribution in [1.82, 2.24) is 5.32 Å². The molecule has 42 heavy (non-hydrogen) atoms. The third-order valence-corrected chi connectivity index (χ3v) is 8.32. The molecule has 3 aromatic carbocycles. The zero-order chi connectivity index (χ0) is 29.8. The molecule has 10 heteroatoms. The van der Waals surface area contributed by atoms with E-state index in [0.29, 0.717) is 6.61 Å². The fourth-order valence-electron chi connectivity index (χ4n) is 4.62. The normalized spacial score (nSPS) is 21.5. The van der Waals surface area contributed by atoms with E-state index in [-0.39, 0.29) is 31.5 Å². The highest BCUT2D eigenvalue weighted by atomic mass is 31.2. The number of carbonyl (C=O) groups is 1. The van der Waals surface area contributed by atoms with Gasteiger partial charge in [-0.25, -0.2) is 0 Å². The fraction of sp³-hybridized carbons (Fsp3) is 0.344. The summed E-state index contributed by atoms with van der Waals surface area (Å²) in [5, 5.41) is 2.91. The molecule has 1 heterocycles.